The monoisotopic (exact) mass is 381 g/mol. The highest BCUT2D eigenvalue weighted by Gasteiger charge is 2.13. The molecular formula is C25H35NO2. The summed E-state index contributed by atoms with van der Waals surface area (Å²) in [7, 11) is 0. The third kappa shape index (κ3) is 8.71. The third-order valence-electron chi connectivity index (χ3n) is 5.15. The molecule has 0 aliphatic carbocycles. The van der Waals surface area contributed by atoms with Gasteiger partial charge in [-0.2, -0.15) is 0 Å². The number of nitrogens with zero attached hydrogens (tertiary/aromatic N) is 1. The molecule has 0 bridgehead atoms. The van der Waals surface area contributed by atoms with Crippen LogP contribution >= 0.6 is 0 Å². The van der Waals surface area contributed by atoms with E-state index in [0.717, 1.165) is 25.9 Å². The van der Waals surface area contributed by atoms with Crippen molar-refractivity contribution >= 4 is 5.97 Å². The second-order valence-corrected chi connectivity index (χ2v) is 7.53. The first kappa shape index (κ1) is 22.2. The highest BCUT2D eigenvalue weighted by Crippen LogP contribution is 2.14. The van der Waals surface area contributed by atoms with Gasteiger partial charge in [0.05, 0.1) is 13.0 Å². The first-order valence-electron chi connectivity index (χ1n) is 10.7. The van der Waals surface area contributed by atoms with Crippen LogP contribution in [0.3, 0.4) is 0 Å². The van der Waals surface area contributed by atoms with E-state index in [-0.39, 0.29) is 5.97 Å². The van der Waals surface area contributed by atoms with Crippen molar-refractivity contribution < 1.29 is 9.53 Å². The van der Waals surface area contributed by atoms with Crippen molar-refractivity contribution in [2.45, 2.75) is 59.0 Å². The summed E-state index contributed by atoms with van der Waals surface area (Å²) in [4.78, 5) is 14.6. The van der Waals surface area contributed by atoms with Crippen LogP contribution in [0.2, 0.25) is 0 Å². The largest absolute Gasteiger partial charge is 0.465 e. The molecule has 0 saturated carbocycles. The van der Waals surface area contributed by atoms with Gasteiger partial charge in [0.2, 0.25) is 0 Å². The van der Waals surface area contributed by atoms with Crippen molar-refractivity contribution in [2.24, 2.45) is 5.92 Å². The van der Waals surface area contributed by atoms with Gasteiger partial charge in [-0.1, -0.05) is 93.8 Å². The second kappa shape index (κ2) is 13.1. The normalized spacial score (nSPS) is 12.1. The first-order valence-corrected chi connectivity index (χ1v) is 10.7. The lowest BCUT2D eigenvalue weighted by Gasteiger charge is -2.22. The molecule has 28 heavy (non-hydrogen) atoms. The van der Waals surface area contributed by atoms with E-state index >= 15 is 0 Å². The molecule has 152 valence electrons. The number of rotatable bonds is 13. The van der Waals surface area contributed by atoms with Crippen LogP contribution in [0.4, 0.5) is 0 Å². The Morgan fingerprint density at radius 2 is 1.50 bits per heavy atom. The molecule has 0 aliphatic rings. The van der Waals surface area contributed by atoms with Crippen LogP contribution < -0.4 is 0 Å². The molecule has 2 rings (SSSR count). The van der Waals surface area contributed by atoms with Crippen LogP contribution in [0.5, 0.6) is 0 Å². The van der Waals surface area contributed by atoms with Gasteiger partial charge in [-0.25, -0.2) is 0 Å². The van der Waals surface area contributed by atoms with Crippen molar-refractivity contribution in [3.8, 4) is 0 Å². The first-order chi connectivity index (χ1) is 13.7. The van der Waals surface area contributed by atoms with E-state index in [1.165, 1.54) is 24.0 Å². The summed E-state index contributed by atoms with van der Waals surface area (Å²) in [5.74, 6) is 0.412. The van der Waals surface area contributed by atoms with Crippen molar-refractivity contribution in [3.63, 3.8) is 0 Å². The summed E-state index contributed by atoms with van der Waals surface area (Å²) in [6.07, 6.45) is 5.05. The highest BCUT2D eigenvalue weighted by molar-refractivity contribution is 5.69. The van der Waals surface area contributed by atoms with Crippen LogP contribution in [0, 0.1) is 5.92 Å². The summed E-state index contributed by atoms with van der Waals surface area (Å²) < 4.78 is 5.58. The molecule has 3 heteroatoms. The van der Waals surface area contributed by atoms with E-state index in [1.54, 1.807) is 0 Å². The molecule has 0 radical (unpaired) electrons. The number of carbonyl (C=O) groups excluding carboxylic acids is 1. The van der Waals surface area contributed by atoms with Gasteiger partial charge in [0, 0.05) is 19.6 Å². The predicted molar refractivity (Wildman–Crippen MR) is 116 cm³/mol. The molecule has 0 aromatic heterocycles. The van der Waals surface area contributed by atoms with Crippen LogP contribution in [0.15, 0.2) is 60.7 Å². The molecule has 2 aromatic rings. The van der Waals surface area contributed by atoms with Gasteiger partial charge in [-0.05, 0) is 23.5 Å². The summed E-state index contributed by atoms with van der Waals surface area (Å²) in [5, 5.41) is 0. The number of unbranched alkanes of at least 4 members (excludes halogenated alkanes) is 1. The van der Waals surface area contributed by atoms with E-state index in [4.69, 9.17) is 4.74 Å². The number of hydrogen-bond donors (Lipinski definition) is 0. The van der Waals surface area contributed by atoms with Gasteiger partial charge in [0.15, 0.2) is 0 Å². The minimum Gasteiger partial charge on any atom is -0.465 e. The van der Waals surface area contributed by atoms with Gasteiger partial charge < -0.3 is 4.74 Å². The molecule has 0 aliphatic heterocycles. The lowest BCUT2D eigenvalue weighted by molar-refractivity contribution is -0.145. The van der Waals surface area contributed by atoms with E-state index in [1.807, 2.05) is 12.1 Å². The highest BCUT2D eigenvalue weighted by atomic mass is 16.5. The molecular weight excluding hydrogens is 346 g/mol. The zero-order chi connectivity index (χ0) is 20.0. The number of carbonyl (C=O) groups is 1. The Hall–Kier alpha value is -2.13. The zero-order valence-corrected chi connectivity index (χ0v) is 17.5. The fraction of sp³-hybridized carbons (Fsp3) is 0.480. The number of esters is 1. The maximum Gasteiger partial charge on any atom is 0.307 e. The van der Waals surface area contributed by atoms with Crippen molar-refractivity contribution in [3.05, 3.63) is 71.8 Å². The molecule has 0 amide bonds. The van der Waals surface area contributed by atoms with Crippen molar-refractivity contribution in [1.82, 2.24) is 4.90 Å². The van der Waals surface area contributed by atoms with Crippen LogP contribution in [0.1, 0.15) is 57.1 Å². The fourth-order valence-electron chi connectivity index (χ4n) is 3.33. The number of ether oxygens (including phenoxy) is 1. The Labute approximate surface area is 170 Å². The van der Waals surface area contributed by atoms with Gasteiger partial charge in [-0.3, -0.25) is 9.69 Å². The number of hydrogen-bond acceptors (Lipinski definition) is 3. The molecule has 1 unspecified atom stereocenters. The third-order valence-corrected chi connectivity index (χ3v) is 5.15. The minimum atomic E-state index is -0.0823. The Morgan fingerprint density at radius 3 is 2.00 bits per heavy atom. The fourth-order valence-corrected chi connectivity index (χ4v) is 3.33. The molecule has 3 nitrogen and oxygen atoms in total. The molecule has 0 fully saturated rings. The molecule has 0 heterocycles. The molecule has 0 saturated heterocycles. The average Bonchev–Trinajstić information content (AvgIpc) is 2.73. The second-order valence-electron chi connectivity index (χ2n) is 7.53. The Bertz CT molecular complexity index is 615. The van der Waals surface area contributed by atoms with Crippen LogP contribution in [-0.4, -0.2) is 24.0 Å². The van der Waals surface area contributed by atoms with Gasteiger partial charge >= 0.3 is 5.97 Å². The summed E-state index contributed by atoms with van der Waals surface area (Å²) >= 11 is 0. The summed E-state index contributed by atoms with van der Waals surface area (Å²) in [6.45, 7) is 7.30. The maximum atomic E-state index is 12.3. The lowest BCUT2D eigenvalue weighted by atomic mass is 10.0. The van der Waals surface area contributed by atoms with Gasteiger partial charge in [0.25, 0.3) is 0 Å². The average molecular weight is 382 g/mol. The van der Waals surface area contributed by atoms with Gasteiger partial charge in [-0.15, -0.1) is 0 Å². The summed E-state index contributed by atoms with van der Waals surface area (Å²) in [6, 6.07) is 20.8. The Balaban J connectivity index is 1.85. The molecule has 0 spiro atoms. The van der Waals surface area contributed by atoms with Crippen molar-refractivity contribution in [1.29, 1.82) is 0 Å². The van der Waals surface area contributed by atoms with Crippen molar-refractivity contribution in [2.75, 3.05) is 13.2 Å². The van der Waals surface area contributed by atoms with E-state index in [2.05, 4.69) is 67.3 Å². The standard InChI is InChI=1S/C25H35NO2/c1-3-5-12-22(4-2)21-28-25(27)17-18-26(19-23-13-8-6-9-14-23)20-24-15-10-7-11-16-24/h6-11,13-16,22H,3-5,12,17-21H2,1-2H3. The zero-order valence-electron chi connectivity index (χ0n) is 17.5. The molecule has 1 atom stereocenters. The molecule has 2 aromatic carbocycles. The Kier molecular flexibility index (Phi) is 10.4. The predicted octanol–water partition coefficient (Wildman–Crippen LogP) is 5.84. The maximum absolute atomic E-state index is 12.3. The SMILES string of the molecule is CCCCC(CC)COC(=O)CCN(Cc1ccccc1)Cc1ccccc1. The van der Waals surface area contributed by atoms with E-state index < -0.39 is 0 Å². The van der Waals surface area contributed by atoms with Crippen LogP contribution in [0.25, 0.3) is 0 Å². The number of benzene rings is 2. The van der Waals surface area contributed by atoms with E-state index in [0.29, 0.717) is 25.5 Å². The topological polar surface area (TPSA) is 29.5 Å². The van der Waals surface area contributed by atoms with E-state index in [9.17, 15) is 4.79 Å². The molecule has 0 N–H and O–H groups in total. The smallest absolute Gasteiger partial charge is 0.307 e. The van der Waals surface area contributed by atoms with Gasteiger partial charge in [0.1, 0.15) is 0 Å². The quantitative estimate of drug-likeness (QED) is 0.408. The summed E-state index contributed by atoms with van der Waals surface area (Å²) in [5.41, 5.74) is 2.52. The van der Waals surface area contributed by atoms with Crippen LogP contribution in [-0.2, 0) is 22.6 Å². The lowest BCUT2D eigenvalue weighted by Crippen LogP contribution is -2.26. The Morgan fingerprint density at radius 1 is 0.929 bits per heavy atom. The minimum absolute atomic E-state index is 0.0823.